The maximum absolute atomic E-state index is 13.6. The summed E-state index contributed by atoms with van der Waals surface area (Å²) in [7, 11) is 0. The van der Waals surface area contributed by atoms with Crippen molar-refractivity contribution in [2.24, 2.45) is 0 Å². The Balaban J connectivity index is 2.43. The van der Waals surface area contributed by atoms with Crippen LogP contribution in [0.3, 0.4) is 0 Å². The zero-order chi connectivity index (χ0) is 19.8. The summed E-state index contributed by atoms with van der Waals surface area (Å²) in [5.41, 5.74) is 0.119. The Bertz CT molecular complexity index is 757. The maximum Gasteiger partial charge on any atom is 0.397 e. The number of rotatable bonds is 6. The molecule has 1 aromatic carbocycles. The largest absolute Gasteiger partial charge is 0.752 e. The molecule has 0 bridgehead atoms. The molecule has 26 heavy (non-hydrogen) atoms. The fourth-order valence-corrected chi connectivity index (χ4v) is 1.81. The van der Waals surface area contributed by atoms with Crippen LogP contribution in [0.5, 0.6) is 0 Å². The lowest BCUT2D eigenvalue weighted by Crippen LogP contribution is -2.63. The molecule has 1 aromatic heterocycles. The average Bonchev–Trinajstić information content (AvgIpc) is 2.61. The van der Waals surface area contributed by atoms with Gasteiger partial charge in [-0.15, -0.1) is 0 Å². The third-order valence-electron chi connectivity index (χ3n) is 3.22. The third-order valence-corrected chi connectivity index (χ3v) is 3.22. The van der Waals surface area contributed by atoms with Gasteiger partial charge in [0.25, 0.3) is 0 Å². The summed E-state index contributed by atoms with van der Waals surface area (Å²) < 4.78 is 104. The van der Waals surface area contributed by atoms with Gasteiger partial charge in [-0.05, 0) is 6.07 Å². The van der Waals surface area contributed by atoms with Crippen LogP contribution in [0.2, 0.25) is 0 Å². The van der Waals surface area contributed by atoms with E-state index in [1.165, 1.54) is 24.3 Å². The van der Waals surface area contributed by atoms with Crippen molar-refractivity contribution >= 4 is 5.95 Å². The smallest absolute Gasteiger partial charge is 0.397 e. The molecular formula is C14H8F8N3O-. The molecule has 0 aliphatic rings. The number of hydroxylamine groups is 1. The predicted octanol–water partition coefficient (Wildman–Crippen LogP) is 4.58. The fourth-order valence-electron chi connectivity index (χ4n) is 1.81. The van der Waals surface area contributed by atoms with E-state index in [0.717, 1.165) is 12.3 Å². The molecular weight excluding hydrogens is 378 g/mol. The molecule has 0 spiro atoms. The first-order valence-corrected chi connectivity index (χ1v) is 6.70. The number of hydrogen-bond donors (Lipinski definition) is 0. The van der Waals surface area contributed by atoms with E-state index in [2.05, 4.69) is 9.97 Å². The molecule has 2 aromatic rings. The minimum Gasteiger partial charge on any atom is -0.752 e. The van der Waals surface area contributed by atoms with Crippen molar-refractivity contribution < 1.29 is 35.1 Å². The highest BCUT2D eigenvalue weighted by atomic mass is 19.4. The molecule has 0 radical (unpaired) electrons. The van der Waals surface area contributed by atoms with Gasteiger partial charge < -0.3 is 10.3 Å². The van der Waals surface area contributed by atoms with Crippen LogP contribution < -0.4 is 5.06 Å². The number of nitrogens with zero attached hydrogens (tertiary/aromatic N) is 3. The van der Waals surface area contributed by atoms with Crippen LogP contribution in [-0.4, -0.2) is 34.3 Å². The lowest BCUT2D eigenvalue weighted by atomic mass is 10.1. The summed E-state index contributed by atoms with van der Waals surface area (Å²) in [6, 6.07) is 2.36. The van der Waals surface area contributed by atoms with Crippen LogP contribution in [0.15, 0.2) is 42.6 Å². The molecule has 0 fully saturated rings. The van der Waals surface area contributed by atoms with E-state index in [9.17, 15) is 40.3 Å². The molecule has 0 saturated carbocycles. The van der Waals surface area contributed by atoms with Crippen LogP contribution >= 0.6 is 0 Å². The highest BCUT2D eigenvalue weighted by Crippen LogP contribution is 2.50. The Labute approximate surface area is 140 Å². The van der Waals surface area contributed by atoms with Crippen molar-refractivity contribution in [1.29, 1.82) is 0 Å². The summed E-state index contributed by atoms with van der Waals surface area (Å²) in [5.74, 6) is -14.8. The van der Waals surface area contributed by atoms with Gasteiger partial charge in [-0.25, -0.2) is 18.7 Å². The monoisotopic (exact) mass is 386 g/mol. The van der Waals surface area contributed by atoms with Crippen LogP contribution in [0, 0.1) is 5.21 Å². The molecule has 2 rings (SSSR count). The second kappa shape index (κ2) is 6.67. The Morgan fingerprint density at radius 1 is 0.923 bits per heavy atom. The quantitative estimate of drug-likeness (QED) is 0.415. The predicted molar refractivity (Wildman–Crippen MR) is 74.2 cm³/mol. The van der Waals surface area contributed by atoms with Gasteiger partial charge >= 0.3 is 24.3 Å². The number of hydrogen-bond acceptors (Lipinski definition) is 4. The van der Waals surface area contributed by atoms with E-state index in [4.69, 9.17) is 0 Å². The first kappa shape index (κ1) is 19.8. The molecule has 0 amide bonds. The molecule has 12 heteroatoms. The summed E-state index contributed by atoms with van der Waals surface area (Å²) >= 11 is 0. The number of aromatic nitrogens is 2. The van der Waals surface area contributed by atoms with Crippen LogP contribution in [0.1, 0.15) is 0 Å². The molecule has 0 N–H and O–H groups in total. The number of alkyl halides is 8. The summed E-state index contributed by atoms with van der Waals surface area (Å²) in [6.45, 7) is 0. The number of anilines is 1. The Morgan fingerprint density at radius 2 is 1.50 bits per heavy atom. The molecule has 142 valence electrons. The Kier molecular flexibility index (Phi) is 5.08. The van der Waals surface area contributed by atoms with Crippen molar-refractivity contribution in [2.75, 3.05) is 5.06 Å². The normalized spacial score (nSPS) is 13.2. The van der Waals surface area contributed by atoms with Gasteiger partial charge in [0.2, 0.25) is 5.95 Å². The van der Waals surface area contributed by atoms with E-state index >= 15 is 0 Å². The summed E-state index contributed by atoms with van der Waals surface area (Å²) in [4.78, 5) is 6.33. The van der Waals surface area contributed by atoms with Crippen molar-refractivity contribution in [2.45, 2.75) is 24.3 Å². The minimum absolute atomic E-state index is 0.156. The second-order valence-corrected chi connectivity index (χ2v) is 4.94. The van der Waals surface area contributed by atoms with Gasteiger partial charge in [0, 0.05) is 11.8 Å². The van der Waals surface area contributed by atoms with E-state index in [-0.39, 0.29) is 11.3 Å². The highest BCUT2D eigenvalue weighted by molar-refractivity contribution is 5.60. The molecule has 0 saturated heterocycles. The Hall–Kier alpha value is -2.50. The van der Waals surface area contributed by atoms with Crippen molar-refractivity contribution in [3.05, 3.63) is 47.8 Å². The first-order chi connectivity index (χ1) is 11.9. The number of benzene rings is 1. The van der Waals surface area contributed by atoms with Crippen LogP contribution in [0.25, 0.3) is 11.3 Å². The van der Waals surface area contributed by atoms with Gasteiger partial charge in [-0.3, -0.25) is 0 Å². The lowest BCUT2D eigenvalue weighted by Gasteiger charge is -2.42. The van der Waals surface area contributed by atoms with E-state index < -0.39 is 35.3 Å². The van der Waals surface area contributed by atoms with E-state index in [1.807, 2.05) is 0 Å². The van der Waals surface area contributed by atoms with Gasteiger partial charge in [0.05, 0.1) is 5.69 Å². The first-order valence-electron chi connectivity index (χ1n) is 6.70. The van der Waals surface area contributed by atoms with E-state index in [0.29, 0.717) is 0 Å². The standard InChI is InChI=1S/C14H8F8N3O/c15-10(16)12(17,18)13(19,20)14(21,22)25(26)11-23-7-6-9(24-11)8-4-2-1-3-5-8/h1-7,10H/q-1. The minimum atomic E-state index is -6.69. The average molecular weight is 386 g/mol. The van der Waals surface area contributed by atoms with Gasteiger partial charge in [0.15, 0.2) is 0 Å². The second-order valence-electron chi connectivity index (χ2n) is 4.94. The van der Waals surface area contributed by atoms with Crippen LogP contribution in [0.4, 0.5) is 41.1 Å². The zero-order valence-electron chi connectivity index (χ0n) is 12.4. The molecule has 0 atom stereocenters. The third kappa shape index (κ3) is 3.16. The lowest BCUT2D eigenvalue weighted by molar-refractivity contribution is -0.336. The van der Waals surface area contributed by atoms with Gasteiger partial charge in [0.1, 0.15) is 0 Å². The SMILES string of the molecule is [O-]N(c1nccc(-c2ccccc2)n1)C(F)(F)C(F)(F)C(F)(F)C(F)F. The van der Waals surface area contributed by atoms with Crippen molar-refractivity contribution in [3.8, 4) is 11.3 Å². The topological polar surface area (TPSA) is 52.1 Å². The molecule has 0 aliphatic carbocycles. The summed E-state index contributed by atoms with van der Waals surface area (Å²) in [6.07, 6.45) is -4.39. The molecule has 0 unspecified atom stereocenters. The van der Waals surface area contributed by atoms with Gasteiger partial charge in [-0.1, -0.05) is 30.3 Å². The highest BCUT2D eigenvalue weighted by Gasteiger charge is 2.76. The van der Waals surface area contributed by atoms with Crippen molar-refractivity contribution in [3.63, 3.8) is 0 Å². The Morgan fingerprint density at radius 3 is 2.04 bits per heavy atom. The van der Waals surface area contributed by atoms with Crippen LogP contribution in [-0.2, 0) is 0 Å². The van der Waals surface area contributed by atoms with Gasteiger partial charge in [-0.2, -0.15) is 26.3 Å². The molecule has 0 aliphatic heterocycles. The van der Waals surface area contributed by atoms with E-state index in [1.54, 1.807) is 6.07 Å². The molecule has 4 nitrogen and oxygen atoms in total. The van der Waals surface area contributed by atoms with Crippen molar-refractivity contribution in [1.82, 2.24) is 9.97 Å². The fraction of sp³-hybridized carbons (Fsp3) is 0.286. The summed E-state index contributed by atoms with van der Waals surface area (Å²) in [5, 5.41) is 9.64. The zero-order valence-corrected chi connectivity index (χ0v) is 12.4. The number of halogens is 8. The molecule has 1 heterocycles. The maximum atomic E-state index is 13.6.